The molecule has 0 aliphatic heterocycles. The molecule has 0 unspecified atom stereocenters. The fourth-order valence-corrected chi connectivity index (χ4v) is 2.20. The lowest BCUT2D eigenvalue weighted by atomic mass is 10.2. The number of hydrogen-bond donors (Lipinski definition) is 0. The first-order valence-electron chi connectivity index (χ1n) is 5.23. The van der Waals surface area contributed by atoms with E-state index in [9.17, 15) is 4.39 Å². The summed E-state index contributed by atoms with van der Waals surface area (Å²) < 4.78 is 14.0. The second kappa shape index (κ2) is 5.27. The third kappa shape index (κ3) is 3.03. The van der Waals surface area contributed by atoms with Gasteiger partial charge in [-0.1, -0.05) is 12.1 Å². The molecule has 0 saturated carbocycles. The van der Waals surface area contributed by atoms with E-state index in [-0.39, 0.29) is 5.82 Å². The highest BCUT2D eigenvalue weighted by Crippen LogP contribution is 2.23. The van der Waals surface area contributed by atoms with Gasteiger partial charge in [0.2, 0.25) is 0 Å². The molecule has 0 aliphatic rings. The van der Waals surface area contributed by atoms with Gasteiger partial charge in [-0.05, 0) is 45.8 Å². The average Bonchev–Trinajstić information content (AvgIpc) is 2.29. The van der Waals surface area contributed by atoms with Crippen molar-refractivity contribution in [2.24, 2.45) is 0 Å². The van der Waals surface area contributed by atoms with Gasteiger partial charge in [-0.2, -0.15) is 0 Å². The van der Waals surface area contributed by atoms with E-state index in [0.717, 1.165) is 15.9 Å². The summed E-state index contributed by atoms with van der Waals surface area (Å²) in [7, 11) is 1.93. The molecule has 1 aromatic carbocycles. The molecular weight excluding hydrogens is 283 g/mol. The predicted octanol–water partition coefficient (Wildman–Crippen LogP) is 3.62. The second-order valence-electron chi connectivity index (χ2n) is 3.79. The van der Waals surface area contributed by atoms with E-state index in [4.69, 9.17) is 0 Å². The molecule has 17 heavy (non-hydrogen) atoms. The number of anilines is 1. The van der Waals surface area contributed by atoms with Gasteiger partial charge in [0.05, 0.1) is 4.47 Å². The standard InChI is InChI=1S/C13H12BrFN2/c1-17(13-12(14)6-3-7-16-13)9-10-4-2-5-11(15)8-10/h2-8H,9H2,1H3. The lowest BCUT2D eigenvalue weighted by Gasteiger charge is -2.19. The Morgan fingerprint density at radius 3 is 2.82 bits per heavy atom. The lowest BCUT2D eigenvalue weighted by Crippen LogP contribution is -2.18. The summed E-state index contributed by atoms with van der Waals surface area (Å²) in [5.74, 6) is 0.632. The minimum atomic E-state index is -0.212. The number of nitrogens with zero attached hydrogens (tertiary/aromatic N) is 2. The maximum atomic E-state index is 13.1. The van der Waals surface area contributed by atoms with Crippen LogP contribution >= 0.6 is 15.9 Å². The average molecular weight is 295 g/mol. The van der Waals surface area contributed by atoms with Crippen LogP contribution in [0.25, 0.3) is 0 Å². The molecule has 2 nitrogen and oxygen atoms in total. The minimum absolute atomic E-state index is 0.212. The van der Waals surface area contributed by atoms with E-state index in [1.807, 2.05) is 30.1 Å². The first-order chi connectivity index (χ1) is 8.16. The molecule has 0 radical (unpaired) electrons. The van der Waals surface area contributed by atoms with E-state index in [1.165, 1.54) is 12.1 Å². The fraction of sp³-hybridized carbons (Fsp3) is 0.154. The van der Waals surface area contributed by atoms with E-state index in [2.05, 4.69) is 20.9 Å². The van der Waals surface area contributed by atoms with Crippen molar-refractivity contribution in [2.45, 2.75) is 6.54 Å². The van der Waals surface area contributed by atoms with E-state index < -0.39 is 0 Å². The van der Waals surface area contributed by atoms with Crippen LogP contribution in [-0.4, -0.2) is 12.0 Å². The van der Waals surface area contributed by atoms with Gasteiger partial charge >= 0.3 is 0 Å². The van der Waals surface area contributed by atoms with Crippen LogP contribution in [0.5, 0.6) is 0 Å². The van der Waals surface area contributed by atoms with Crippen LogP contribution in [0.1, 0.15) is 5.56 Å². The molecule has 2 rings (SSSR count). The predicted molar refractivity (Wildman–Crippen MR) is 70.4 cm³/mol. The van der Waals surface area contributed by atoms with Crippen LogP contribution in [0.3, 0.4) is 0 Å². The summed E-state index contributed by atoms with van der Waals surface area (Å²) in [4.78, 5) is 6.25. The van der Waals surface area contributed by atoms with E-state index in [1.54, 1.807) is 12.3 Å². The Kier molecular flexibility index (Phi) is 3.74. The van der Waals surface area contributed by atoms with Crippen LogP contribution < -0.4 is 4.90 Å². The van der Waals surface area contributed by atoms with Crippen molar-refractivity contribution in [1.82, 2.24) is 4.98 Å². The van der Waals surface area contributed by atoms with E-state index in [0.29, 0.717) is 6.54 Å². The van der Waals surface area contributed by atoms with Gasteiger partial charge in [0.25, 0.3) is 0 Å². The molecule has 88 valence electrons. The lowest BCUT2D eigenvalue weighted by molar-refractivity contribution is 0.625. The normalized spacial score (nSPS) is 10.3. The number of benzene rings is 1. The third-order valence-electron chi connectivity index (χ3n) is 2.41. The Hall–Kier alpha value is -1.42. The van der Waals surface area contributed by atoms with Gasteiger partial charge in [0.1, 0.15) is 11.6 Å². The van der Waals surface area contributed by atoms with Crippen molar-refractivity contribution in [3.63, 3.8) is 0 Å². The van der Waals surface area contributed by atoms with Crippen LogP contribution in [0, 0.1) is 5.82 Å². The maximum Gasteiger partial charge on any atom is 0.142 e. The number of rotatable bonds is 3. The molecule has 0 atom stereocenters. The molecule has 0 aliphatic carbocycles. The summed E-state index contributed by atoms with van der Waals surface area (Å²) in [6.07, 6.45) is 1.74. The van der Waals surface area contributed by atoms with Gasteiger partial charge in [0.15, 0.2) is 0 Å². The number of halogens is 2. The Labute approximate surface area is 108 Å². The Balaban J connectivity index is 2.17. The largest absolute Gasteiger partial charge is 0.354 e. The number of hydrogen-bond acceptors (Lipinski definition) is 2. The Bertz CT molecular complexity index is 516. The van der Waals surface area contributed by atoms with Crippen molar-refractivity contribution in [2.75, 3.05) is 11.9 Å². The zero-order chi connectivity index (χ0) is 12.3. The summed E-state index contributed by atoms with van der Waals surface area (Å²) in [6, 6.07) is 10.4. The number of aromatic nitrogens is 1. The minimum Gasteiger partial charge on any atom is -0.354 e. The summed E-state index contributed by atoms with van der Waals surface area (Å²) in [5.41, 5.74) is 0.921. The highest BCUT2D eigenvalue weighted by molar-refractivity contribution is 9.10. The molecule has 0 N–H and O–H groups in total. The SMILES string of the molecule is CN(Cc1cccc(F)c1)c1ncccc1Br. The zero-order valence-corrected chi connectivity index (χ0v) is 11.0. The van der Waals surface area contributed by atoms with Crippen LogP contribution in [-0.2, 0) is 6.54 Å². The quantitative estimate of drug-likeness (QED) is 0.859. The van der Waals surface area contributed by atoms with E-state index >= 15 is 0 Å². The van der Waals surface area contributed by atoms with Crippen molar-refractivity contribution in [3.05, 3.63) is 58.4 Å². The topological polar surface area (TPSA) is 16.1 Å². The second-order valence-corrected chi connectivity index (χ2v) is 4.65. The fourth-order valence-electron chi connectivity index (χ4n) is 1.64. The van der Waals surface area contributed by atoms with Crippen molar-refractivity contribution in [1.29, 1.82) is 0 Å². The first-order valence-corrected chi connectivity index (χ1v) is 6.02. The Morgan fingerprint density at radius 1 is 1.29 bits per heavy atom. The molecule has 0 saturated heterocycles. The molecule has 0 amide bonds. The van der Waals surface area contributed by atoms with Gasteiger partial charge in [-0.25, -0.2) is 9.37 Å². The molecule has 4 heteroatoms. The third-order valence-corrected chi connectivity index (χ3v) is 3.03. The van der Waals surface area contributed by atoms with Crippen molar-refractivity contribution >= 4 is 21.7 Å². The highest BCUT2D eigenvalue weighted by Gasteiger charge is 2.07. The molecule has 0 spiro atoms. The van der Waals surface area contributed by atoms with Gasteiger partial charge < -0.3 is 4.90 Å². The maximum absolute atomic E-state index is 13.1. The van der Waals surface area contributed by atoms with Crippen LogP contribution in [0.2, 0.25) is 0 Å². The molecular formula is C13H12BrFN2. The first kappa shape index (κ1) is 12.0. The monoisotopic (exact) mass is 294 g/mol. The molecule has 0 bridgehead atoms. The number of pyridine rings is 1. The highest BCUT2D eigenvalue weighted by atomic mass is 79.9. The summed E-state index contributed by atoms with van der Waals surface area (Å²) in [5, 5.41) is 0. The molecule has 1 heterocycles. The Morgan fingerprint density at radius 2 is 2.12 bits per heavy atom. The van der Waals surface area contributed by atoms with Crippen molar-refractivity contribution in [3.8, 4) is 0 Å². The van der Waals surface area contributed by atoms with Gasteiger partial charge in [-0.3, -0.25) is 0 Å². The zero-order valence-electron chi connectivity index (χ0n) is 9.40. The van der Waals surface area contributed by atoms with Crippen LogP contribution in [0.4, 0.5) is 10.2 Å². The molecule has 2 aromatic rings. The summed E-state index contributed by atoms with van der Waals surface area (Å²) in [6.45, 7) is 0.618. The van der Waals surface area contributed by atoms with Gasteiger partial charge in [0, 0.05) is 19.8 Å². The molecule has 1 aromatic heterocycles. The van der Waals surface area contributed by atoms with Gasteiger partial charge in [-0.15, -0.1) is 0 Å². The smallest absolute Gasteiger partial charge is 0.142 e. The van der Waals surface area contributed by atoms with Crippen LogP contribution in [0.15, 0.2) is 47.1 Å². The molecule has 0 fully saturated rings. The summed E-state index contributed by atoms with van der Waals surface area (Å²) >= 11 is 3.45. The van der Waals surface area contributed by atoms with Crippen molar-refractivity contribution < 1.29 is 4.39 Å².